The molecule has 0 saturated carbocycles. The van der Waals surface area contributed by atoms with Gasteiger partial charge in [-0.1, -0.05) is 92.7 Å². The molecule has 372 valence electrons. The number of fused-ring (bicyclic) bond motifs is 1. The largest absolute Gasteiger partial charge is 0.481 e. The van der Waals surface area contributed by atoms with Gasteiger partial charge in [-0.3, -0.25) is 4.98 Å². The Morgan fingerprint density at radius 3 is 1.49 bits per heavy atom. The number of methoxy groups -OCH3 is 1. The Balaban J connectivity index is 0.000000252. The summed E-state index contributed by atoms with van der Waals surface area (Å²) in [6.45, 7) is 8.67. The number of rotatable bonds is 13. The first-order chi connectivity index (χ1) is 33.8. The topological polar surface area (TPSA) is 77.5 Å². The lowest BCUT2D eigenvalue weighted by Crippen LogP contribution is -2.43. The van der Waals surface area contributed by atoms with Gasteiger partial charge in [0.2, 0.25) is 5.88 Å². The normalized spacial score (nSPS) is 15.5. The van der Waals surface area contributed by atoms with Crippen LogP contribution in [0.1, 0.15) is 75.8 Å². The monoisotopic (exact) mass is 966 g/mol. The Morgan fingerprint density at radius 2 is 1.00 bits per heavy atom. The molecule has 0 radical (unpaired) electrons. The van der Waals surface area contributed by atoms with E-state index in [1.54, 1.807) is 30.5 Å². The minimum absolute atomic E-state index is 0. The van der Waals surface area contributed by atoms with Gasteiger partial charge in [-0.05, 0) is 145 Å². The summed E-state index contributed by atoms with van der Waals surface area (Å²) in [6, 6.07) is 41.4. The average Bonchev–Trinajstić information content (AvgIpc) is 3.39. The van der Waals surface area contributed by atoms with Gasteiger partial charge in [-0.2, -0.15) is 26.3 Å². The number of halogens is 6. The predicted octanol–water partition coefficient (Wildman–Crippen LogP) is 13.9. The van der Waals surface area contributed by atoms with Gasteiger partial charge in [0.05, 0.1) is 50.2 Å². The maximum absolute atomic E-state index is 13.7. The standard InChI is InChI=1S/C29H27F3N2O.C26H27F3N2O2.C2H6.2H2/c30-29(31,32)26-15-21(14-23(17-26)24-16-22-6-4-5-9-27(22)34-18-24)19-35-20-28(10-12-33-13-11-28)25-7-2-1-3-8-25;1-32-24-16-20(7-10-31-24)21-13-19(14-23(15-21)26(27,28)29)17-33-18-25(8-11-30-12-9-25)22-5-3-2-4-6-22;1-2;;/h1-9,14-18,33H,10-13,19-20H2;2-7,10,13-16,30H,8-9,11-12,17-18H2,1H3;1-2H3;2*1H. The van der Waals surface area contributed by atoms with E-state index < -0.39 is 23.5 Å². The van der Waals surface area contributed by atoms with Crippen LogP contribution in [0.3, 0.4) is 0 Å². The number of para-hydroxylation sites is 1. The van der Waals surface area contributed by atoms with Crippen molar-refractivity contribution < 1.29 is 43.4 Å². The van der Waals surface area contributed by atoms with E-state index in [4.69, 9.17) is 14.2 Å². The molecule has 0 amide bonds. The molecule has 7 aromatic rings. The van der Waals surface area contributed by atoms with E-state index in [0.29, 0.717) is 52.5 Å². The second kappa shape index (κ2) is 23.7. The average molecular weight is 967 g/mol. The molecule has 5 aromatic carbocycles. The van der Waals surface area contributed by atoms with E-state index in [-0.39, 0.29) is 26.9 Å². The fourth-order valence-corrected chi connectivity index (χ4v) is 9.30. The van der Waals surface area contributed by atoms with Crippen molar-refractivity contribution in [3.05, 3.63) is 185 Å². The molecule has 0 aliphatic carbocycles. The molecule has 2 aliphatic rings. The fraction of sp³-hybridized carbons (Fsp3) is 0.333. The van der Waals surface area contributed by atoms with E-state index in [2.05, 4.69) is 44.9 Å². The molecular formula is C57H64F6N4O3. The van der Waals surface area contributed by atoms with E-state index >= 15 is 0 Å². The summed E-state index contributed by atoms with van der Waals surface area (Å²) >= 11 is 0. The highest BCUT2D eigenvalue weighted by Crippen LogP contribution is 2.39. The van der Waals surface area contributed by atoms with Crippen molar-refractivity contribution in [2.45, 2.75) is 75.9 Å². The number of hydrogen-bond donors (Lipinski definition) is 2. The molecule has 2 aromatic heterocycles. The summed E-state index contributed by atoms with van der Waals surface area (Å²) in [6.07, 6.45) is -2.07. The number of pyridine rings is 2. The van der Waals surface area contributed by atoms with Gasteiger partial charge < -0.3 is 24.8 Å². The van der Waals surface area contributed by atoms with Crippen LogP contribution in [0.25, 0.3) is 33.2 Å². The van der Waals surface area contributed by atoms with Gasteiger partial charge in [-0.25, -0.2) is 4.98 Å². The molecule has 2 aliphatic heterocycles. The van der Waals surface area contributed by atoms with E-state index in [1.165, 1.54) is 42.6 Å². The van der Waals surface area contributed by atoms with Crippen LogP contribution in [0.4, 0.5) is 26.3 Å². The molecule has 2 saturated heterocycles. The predicted molar refractivity (Wildman–Crippen MR) is 269 cm³/mol. The molecule has 2 fully saturated rings. The van der Waals surface area contributed by atoms with E-state index in [1.807, 2.05) is 80.6 Å². The summed E-state index contributed by atoms with van der Waals surface area (Å²) < 4.78 is 99.5. The van der Waals surface area contributed by atoms with Crippen molar-refractivity contribution in [3.63, 3.8) is 0 Å². The molecule has 0 bridgehead atoms. The SMILES string of the molecule is CC.COc1cc(-c2cc(COCC3(c4ccccc4)CCNCC3)cc(C(F)(F)F)c2)ccn1.FC(F)(F)c1cc(COCC2(c3ccccc3)CCNCC2)cc(-c2cnc3ccccc3c2)c1.[HH].[HH]. The van der Waals surface area contributed by atoms with Crippen molar-refractivity contribution >= 4 is 10.9 Å². The highest BCUT2D eigenvalue weighted by Gasteiger charge is 2.36. The third-order valence-electron chi connectivity index (χ3n) is 13.0. The summed E-state index contributed by atoms with van der Waals surface area (Å²) in [5.41, 5.74) is 4.73. The zero-order valence-corrected chi connectivity index (χ0v) is 39.8. The van der Waals surface area contributed by atoms with Gasteiger partial charge in [0.25, 0.3) is 0 Å². The van der Waals surface area contributed by atoms with Gasteiger partial charge in [-0.15, -0.1) is 0 Å². The number of hydrogen-bond acceptors (Lipinski definition) is 7. The number of alkyl halides is 6. The quantitative estimate of drug-likeness (QED) is 0.111. The Bertz CT molecular complexity index is 2750. The van der Waals surface area contributed by atoms with Crippen LogP contribution >= 0.6 is 0 Å². The molecule has 9 rings (SSSR count). The first-order valence-corrected chi connectivity index (χ1v) is 23.8. The second-order valence-electron chi connectivity index (χ2n) is 17.6. The van der Waals surface area contributed by atoms with Crippen molar-refractivity contribution in [2.75, 3.05) is 46.5 Å². The number of nitrogens with zero attached hydrogens (tertiary/aromatic N) is 2. The first kappa shape index (κ1) is 51.7. The maximum Gasteiger partial charge on any atom is 0.416 e. The highest BCUT2D eigenvalue weighted by molar-refractivity contribution is 5.83. The first-order valence-electron chi connectivity index (χ1n) is 23.8. The molecule has 7 nitrogen and oxygen atoms in total. The smallest absolute Gasteiger partial charge is 0.416 e. The van der Waals surface area contributed by atoms with E-state index in [9.17, 15) is 26.3 Å². The van der Waals surface area contributed by atoms with Gasteiger partial charge in [0.15, 0.2) is 0 Å². The van der Waals surface area contributed by atoms with Crippen LogP contribution in [0, 0.1) is 0 Å². The number of benzene rings is 5. The molecule has 0 spiro atoms. The van der Waals surface area contributed by atoms with Crippen LogP contribution in [-0.4, -0.2) is 56.5 Å². The molecule has 0 atom stereocenters. The van der Waals surface area contributed by atoms with Crippen LogP contribution in [0.2, 0.25) is 0 Å². The Hall–Kier alpha value is -6.12. The van der Waals surface area contributed by atoms with Crippen molar-refractivity contribution in [1.82, 2.24) is 20.6 Å². The second-order valence-corrected chi connectivity index (χ2v) is 17.6. The number of nitrogens with one attached hydrogen (secondary N) is 2. The lowest BCUT2D eigenvalue weighted by Gasteiger charge is -2.38. The Labute approximate surface area is 409 Å². The molecule has 13 heteroatoms. The van der Waals surface area contributed by atoms with Gasteiger partial charge in [0, 0.05) is 43.1 Å². The third kappa shape index (κ3) is 13.2. The fourth-order valence-electron chi connectivity index (χ4n) is 9.30. The summed E-state index contributed by atoms with van der Waals surface area (Å²) in [5.74, 6) is 0.346. The van der Waals surface area contributed by atoms with Crippen LogP contribution in [-0.2, 0) is 45.9 Å². The summed E-state index contributed by atoms with van der Waals surface area (Å²) in [7, 11) is 1.47. The lowest BCUT2D eigenvalue weighted by molar-refractivity contribution is -0.138. The van der Waals surface area contributed by atoms with Crippen molar-refractivity contribution in [2.24, 2.45) is 0 Å². The Morgan fingerprint density at radius 1 is 0.529 bits per heavy atom. The van der Waals surface area contributed by atoms with Crippen LogP contribution in [0.15, 0.2) is 152 Å². The number of ether oxygens (including phenoxy) is 3. The zero-order chi connectivity index (χ0) is 49.6. The zero-order valence-electron chi connectivity index (χ0n) is 39.8. The minimum atomic E-state index is -4.46. The molecule has 4 heterocycles. The third-order valence-corrected chi connectivity index (χ3v) is 13.0. The van der Waals surface area contributed by atoms with Crippen molar-refractivity contribution in [1.29, 1.82) is 0 Å². The van der Waals surface area contributed by atoms with Crippen molar-refractivity contribution in [3.8, 4) is 28.1 Å². The molecule has 0 unspecified atom stereocenters. The molecular weight excluding hydrogens is 903 g/mol. The van der Waals surface area contributed by atoms with Gasteiger partial charge >= 0.3 is 12.4 Å². The molecule has 70 heavy (non-hydrogen) atoms. The van der Waals surface area contributed by atoms with Crippen LogP contribution < -0.4 is 15.4 Å². The summed E-state index contributed by atoms with van der Waals surface area (Å²) in [4.78, 5) is 8.47. The number of aromatic nitrogens is 2. The lowest BCUT2D eigenvalue weighted by atomic mass is 9.74. The Kier molecular flexibility index (Phi) is 17.5. The maximum atomic E-state index is 13.7. The molecule has 2 N–H and O–H groups in total. The van der Waals surface area contributed by atoms with Gasteiger partial charge in [0.1, 0.15) is 0 Å². The summed E-state index contributed by atoms with van der Waals surface area (Å²) in [5, 5.41) is 7.66. The highest BCUT2D eigenvalue weighted by atomic mass is 19.4. The van der Waals surface area contributed by atoms with E-state index in [0.717, 1.165) is 68.8 Å². The number of piperidine rings is 2. The van der Waals surface area contributed by atoms with Crippen LogP contribution in [0.5, 0.6) is 5.88 Å². The minimum Gasteiger partial charge on any atom is -0.481 e.